The summed E-state index contributed by atoms with van der Waals surface area (Å²) in [6.07, 6.45) is 3.69. The molecule has 0 spiro atoms. The lowest BCUT2D eigenvalue weighted by atomic mass is 9.75. The van der Waals surface area contributed by atoms with Gasteiger partial charge in [-0.3, -0.25) is 38.6 Å². The molecule has 370 valence electrons. The van der Waals surface area contributed by atoms with Crippen molar-refractivity contribution in [1.29, 1.82) is 0 Å². The fourth-order valence-corrected chi connectivity index (χ4v) is 8.68. The van der Waals surface area contributed by atoms with Crippen molar-refractivity contribution in [1.82, 2.24) is 31.6 Å². The van der Waals surface area contributed by atoms with Crippen molar-refractivity contribution in [3.8, 4) is 0 Å². The number of aliphatic carboxylic acids is 1. The van der Waals surface area contributed by atoms with E-state index >= 15 is 0 Å². The van der Waals surface area contributed by atoms with E-state index in [2.05, 4.69) is 36.6 Å². The fraction of sp³-hybridized carbons (Fsp3) is 0.429. The lowest BCUT2D eigenvalue weighted by Gasteiger charge is -2.39. The van der Waals surface area contributed by atoms with E-state index in [0.29, 0.717) is 36.9 Å². The number of nitrogens with two attached hydrogens (primary N) is 5. The molecule has 17 N–H and O–H groups in total. The maximum Gasteiger partial charge on any atom is 0.305 e. The Hall–Kier alpha value is -7.32. The maximum atomic E-state index is 14.9. The number of amides is 6. The van der Waals surface area contributed by atoms with Crippen molar-refractivity contribution in [3.05, 3.63) is 107 Å². The summed E-state index contributed by atoms with van der Waals surface area (Å²) in [7, 11) is 0. The molecule has 0 radical (unpaired) electrons. The average Bonchev–Trinajstić information content (AvgIpc) is 3.73. The number of carboxylic acids is 1. The van der Waals surface area contributed by atoms with Crippen LogP contribution < -0.4 is 55.3 Å². The first kappa shape index (κ1) is 52.6. The number of H-pyrrole nitrogens is 1. The van der Waals surface area contributed by atoms with E-state index in [1.54, 1.807) is 36.5 Å². The summed E-state index contributed by atoms with van der Waals surface area (Å²) in [5.41, 5.74) is 31.9. The maximum absolute atomic E-state index is 14.9. The molecule has 20 nitrogen and oxygen atoms in total. The van der Waals surface area contributed by atoms with Crippen LogP contribution in [0.4, 0.5) is 0 Å². The van der Waals surface area contributed by atoms with Crippen LogP contribution in [0.5, 0.6) is 0 Å². The van der Waals surface area contributed by atoms with Crippen LogP contribution in [-0.4, -0.2) is 106 Å². The minimum atomic E-state index is -1.66. The second-order valence-corrected chi connectivity index (χ2v) is 17.5. The molecule has 6 atom stereocenters. The first-order valence-electron chi connectivity index (χ1n) is 23.3. The van der Waals surface area contributed by atoms with E-state index in [0.717, 1.165) is 34.0 Å². The highest BCUT2D eigenvalue weighted by Gasteiger charge is 2.45. The lowest BCUT2D eigenvalue weighted by Crippen LogP contribution is -2.66. The molecular weight excluding hydrogens is 885 g/mol. The van der Waals surface area contributed by atoms with E-state index in [1.807, 2.05) is 49.4 Å². The number of carbonyl (C=O) groups is 7. The number of rotatable bonds is 26. The van der Waals surface area contributed by atoms with Crippen molar-refractivity contribution in [2.75, 3.05) is 13.1 Å². The molecular formula is C49H66N12O8. The standard InChI is InChI=1S/C49H66N12O8/c1-2-30-14-10-15-31-27-49(21-20-33(30)31,61-43(65)35(51)26-41(62)63)47(69)60-39(24-29-12-4-3-5-13-29)45(67)58-38(19-11-23-55-48(53)54)44(66)59-40(25-32-28-56-36-17-7-6-16-34(32)36)46(68)57-37(42(52)64)18-8-9-22-50/h3-7,10,12-17,28,35,37-40,56H,2,8-9,11,18-27,50-51H2,1H3,(H2,52,64)(H,57,68)(H,58,67)(H,59,66)(H,60,69)(H,61,65)(H,62,63)(H4,53,54,55)/t35-,37-,38-,39+,40-,49?/m0/s1. The minimum absolute atomic E-state index is 0.0204. The van der Waals surface area contributed by atoms with Gasteiger partial charge < -0.3 is 65.3 Å². The average molecular weight is 951 g/mol. The van der Waals surface area contributed by atoms with Gasteiger partial charge in [0.2, 0.25) is 35.4 Å². The summed E-state index contributed by atoms with van der Waals surface area (Å²) in [5, 5.41) is 24.2. The summed E-state index contributed by atoms with van der Waals surface area (Å²) >= 11 is 0. The Bertz CT molecular complexity index is 2470. The van der Waals surface area contributed by atoms with Crippen molar-refractivity contribution in [2.45, 2.75) is 120 Å². The van der Waals surface area contributed by atoms with Gasteiger partial charge in [0.25, 0.3) is 0 Å². The highest BCUT2D eigenvalue weighted by atomic mass is 16.4. The van der Waals surface area contributed by atoms with E-state index in [9.17, 15) is 38.7 Å². The molecule has 5 rings (SSSR count). The van der Waals surface area contributed by atoms with Gasteiger partial charge in [0.05, 0.1) is 12.5 Å². The number of guanidine groups is 1. The summed E-state index contributed by atoms with van der Waals surface area (Å²) in [5.74, 6) is -6.04. The van der Waals surface area contributed by atoms with Crippen LogP contribution in [0.3, 0.4) is 0 Å². The highest BCUT2D eigenvalue weighted by molar-refractivity contribution is 5.99. The van der Waals surface area contributed by atoms with E-state index in [4.69, 9.17) is 28.7 Å². The molecule has 20 heteroatoms. The van der Waals surface area contributed by atoms with E-state index < -0.39 is 83.6 Å². The zero-order chi connectivity index (χ0) is 50.1. The number of carboxylic acid groups (broad SMARTS) is 1. The molecule has 4 aromatic rings. The van der Waals surface area contributed by atoms with Gasteiger partial charge in [0.1, 0.15) is 29.7 Å². The van der Waals surface area contributed by atoms with Gasteiger partial charge in [0.15, 0.2) is 5.96 Å². The van der Waals surface area contributed by atoms with Crippen LogP contribution in [0.15, 0.2) is 84.0 Å². The number of hydrogen-bond acceptors (Lipinski definition) is 10. The summed E-state index contributed by atoms with van der Waals surface area (Å²) in [6.45, 7) is 2.48. The SMILES string of the molecule is CCc1cccc2c1CCC(NC(=O)[C@@H](N)CC(=O)O)(C(=O)N[C@H](Cc1ccccc1)C(=O)N[C@@H](CCCN=C(N)N)C(=O)N[C@@H](Cc1c[nH]c3ccccc13)C(=O)N[C@@H](CCCCN)C(N)=O)C2. The molecule has 1 aliphatic rings. The van der Waals surface area contributed by atoms with Crippen LogP contribution in [-0.2, 0) is 65.7 Å². The summed E-state index contributed by atoms with van der Waals surface area (Å²) in [6, 6.07) is 15.5. The van der Waals surface area contributed by atoms with E-state index in [-0.39, 0.29) is 57.5 Å². The topological polar surface area (TPSA) is 358 Å². The Kier molecular flexibility index (Phi) is 19.2. The Morgan fingerprint density at radius 2 is 1.39 bits per heavy atom. The number of fused-ring (bicyclic) bond motifs is 2. The van der Waals surface area contributed by atoms with Crippen molar-refractivity contribution < 1.29 is 38.7 Å². The third-order valence-corrected chi connectivity index (χ3v) is 12.4. The van der Waals surface area contributed by atoms with Crippen LogP contribution in [0.1, 0.15) is 79.7 Å². The number of aromatic nitrogens is 1. The molecule has 0 saturated carbocycles. The number of aromatic amines is 1. The lowest BCUT2D eigenvalue weighted by molar-refractivity contribution is -0.141. The number of benzene rings is 3. The molecule has 0 bridgehead atoms. The number of carbonyl (C=O) groups excluding carboxylic acids is 6. The Morgan fingerprint density at radius 3 is 2.07 bits per heavy atom. The van der Waals surface area contributed by atoms with E-state index in [1.165, 1.54) is 0 Å². The number of primary amides is 1. The van der Waals surface area contributed by atoms with Crippen LogP contribution in [0, 0.1) is 0 Å². The molecule has 0 aliphatic heterocycles. The fourth-order valence-electron chi connectivity index (χ4n) is 8.68. The minimum Gasteiger partial charge on any atom is -0.481 e. The third-order valence-electron chi connectivity index (χ3n) is 12.4. The number of nitrogens with one attached hydrogen (secondary N) is 6. The van der Waals surface area contributed by atoms with Gasteiger partial charge in [-0.2, -0.15) is 0 Å². The zero-order valence-electron chi connectivity index (χ0n) is 38.9. The van der Waals surface area contributed by atoms with Gasteiger partial charge in [-0.05, 0) is 91.8 Å². The van der Waals surface area contributed by atoms with Gasteiger partial charge in [-0.1, -0.05) is 73.7 Å². The predicted molar refractivity (Wildman–Crippen MR) is 261 cm³/mol. The third kappa shape index (κ3) is 14.8. The Labute approximate surface area is 400 Å². The van der Waals surface area contributed by atoms with Crippen LogP contribution in [0.25, 0.3) is 10.9 Å². The Balaban J connectivity index is 1.48. The molecule has 1 aromatic heterocycles. The largest absolute Gasteiger partial charge is 0.481 e. The van der Waals surface area contributed by atoms with Crippen molar-refractivity contribution in [3.63, 3.8) is 0 Å². The molecule has 69 heavy (non-hydrogen) atoms. The van der Waals surface area contributed by atoms with Gasteiger partial charge in [-0.15, -0.1) is 0 Å². The van der Waals surface area contributed by atoms with Crippen molar-refractivity contribution in [2.24, 2.45) is 33.7 Å². The second-order valence-electron chi connectivity index (χ2n) is 17.5. The number of para-hydroxylation sites is 1. The smallest absolute Gasteiger partial charge is 0.305 e. The van der Waals surface area contributed by atoms with Crippen LogP contribution >= 0.6 is 0 Å². The van der Waals surface area contributed by atoms with Gasteiger partial charge in [-0.25, -0.2) is 0 Å². The number of aliphatic imine (C=N–C) groups is 1. The zero-order valence-corrected chi connectivity index (χ0v) is 38.9. The number of hydrogen-bond donors (Lipinski definition) is 12. The number of unbranched alkanes of at least 4 members (excludes halogenated alkanes) is 1. The molecule has 1 aliphatic carbocycles. The first-order chi connectivity index (χ1) is 33.0. The summed E-state index contributed by atoms with van der Waals surface area (Å²) in [4.78, 5) is 103. The molecule has 0 saturated heterocycles. The number of aryl methyl sites for hydroxylation is 1. The molecule has 1 heterocycles. The van der Waals surface area contributed by atoms with Gasteiger partial charge >= 0.3 is 5.97 Å². The molecule has 0 fully saturated rings. The summed E-state index contributed by atoms with van der Waals surface area (Å²) < 4.78 is 0. The number of nitrogens with zero attached hydrogens (tertiary/aromatic N) is 1. The monoisotopic (exact) mass is 951 g/mol. The van der Waals surface area contributed by atoms with Crippen molar-refractivity contribution >= 4 is 58.3 Å². The first-order valence-corrected chi connectivity index (χ1v) is 23.3. The van der Waals surface area contributed by atoms with Gasteiger partial charge in [0, 0.05) is 42.9 Å². The normalized spacial score (nSPS) is 16.3. The Morgan fingerprint density at radius 1 is 0.739 bits per heavy atom. The van der Waals surface area contributed by atoms with Crippen LogP contribution in [0.2, 0.25) is 0 Å². The predicted octanol–water partition coefficient (Wildman–Crippen LogP) is -0.0315. The molecule has 6 amide bonds. The molecule has 3 aromatic carbocycles. The molecule has 1 unspecified atom stereocenters. The highest BCUT2D eigenvalue weighted by Crippen LogP contribution is 2.32. The second kappa shape index (κ2) is 25.2. The quantitative estimate of drug-likeness (QED) is 0.0224.